The molecule has 0 unspecified atom stereocenters. The molecule has 2 aromatic carbocycles. The average molecular weight is 544 g/mol. The molecule has 0 aromatic heterocycles. The maximum absolute atomic E-state index is 12.0. The first kappa shape index (κ1) is 32.8. The third-order valence-corrected chi connectivity index (χ3v) is 4.50. The number of carboxylic acid groups (broad SMARTS) is 2. The minimum Gasteiger partial charge on any atom is -0.478 e. The topological polar surface area (TPSA) is 178 Å². The van der Waals surface area contributed by atoms with E-state index in [-0.39, 0.29) is 23.4 Å². The number of amidine groups is 1. The molecule has 212 valence electrons. The number of hydrogen-bond donors (Lipinski definition) is 4. The summed E-state index contributed by atoms with van der Waals surface area (Å²) >= 11 is 0. The number of carbonyl (C=O) groups is 4. The number of nitrogens with zero attached hydrogens (tertiary/aromatic N) is 1. The van der Waals surface area contributed by atoms with E-state index in [2.05, 4.69) is 10.3 Å². The second-order valence-corrected chi connectivity index (χ2v) is 10.4. The Kier molecular flexibility index (Phi) is 12.3. The number of aryl methyl sites for hydroxylation is 1. The van der Waals surface area contributed by atoms with E-state index in [1.165, 1.54) is 12.1 Å². The van der Waals surface area contributed by atoms with E-state index in [1.807, 2.05) is 0 Å². The molecule has 11 nitrogen and oxygen atoms in total. The lowest BCUT2D eigenvalue weighted by atomic mass is 10.1. The van der Waals surface area contributed by atoms with Crippen molar-refractivity contribution < 1.29 is 38.9 Å². The van der Waals surface area contributed by atoms with Crippen LogP contribution in [0.25, 0.3) is 0 Å². The largest absolute Gasteiger partial charge is 0.478 e. The lowest BCUT2D eigenvalue weighted by Gasteiger charge is -2.20. The number of ether oxygens (including phenoxy) is 2. The first-order valence-corrected chi connectivity index (χ1v) is 12.1. The number of carbonyl (C=O) groups excluding carboxylic acids is 2. The van der Waals surface area contributed by atoms with Crippen LogP contribution in [0.15, 0.2) is 53.5 Å². The number of aromatic carboxylic acids is 2. The van der Waals surface area contributed by atoms with Crippen LogP contribution in [0.1, 0.15) is 79.8 Å². The summed E-state index contributed by atoms with van der Waals surface area (Å²) in [4.78, 5) is 49.4. The van der Waals surface area contributed by atoms with Crippen LogP contribution in [-0.4, -0.2) is 51.4 Å². The van der Waals surface area contributed by atoms with Gasteiger partial charge in [-0.1, -0.05) is 24.3 Å². The zero-order chi connectivity index (χ0) is 29.8. The highest BCUT2D eigenvalue weighted by Crippen LogP contribution is 2.12. The number of aliphatic imine (C=N–C) groups is 1. The van der Waals surface area contributed by atoms with E-state index < -0.39 is 35.3 Å². The highest BCUT2D eigenvalue weighted by Gasteiger charge is 2.20. The van der Waals surface area contributed by atoms with Crippen LogP contribution in [-0.2, 0) is 22.4 Å². The van der Waals surface area contributed by atoms with Gasteiger partial charge < -0.3 is 25.4 Å². The predicted molar refractivity (Wildman–Crippen MR) is 146 cm³/mol. The van der Waals surface area contributed by atoms with Gasteiger partial charge in [0.1, 0.15) is 17.0 Å². The van der Waals surface area contributed by atoms with E-state index in [0.29, 0.717) is 13.0 Å². The number of nitrogens with two attached hydrogens (primary N) is 1. The van der Waals surface area contributed by atoms with Crippen molar-refractivity contribution >= 4 is 30.0 Å². The molecule has 0 bridgehead atoms. The second kappa shape index (κ2) is 14.6. The standard InChI is InChI=1S/C20H28N2O6.C8H9NO2/c1-19(2,3)27-17(25)21-15(22-18(26)28-20(4,5)6)11-10-13-8-7-9-14(12-13)16(23)24;9-5-6-2-1-3-7(4-6)8(10)11/h7-9,12H,10-11H2,1-6H3,(H,23,24)(H,21,22,25,26);1-4H,5,9H2,(H,10,11). The van der Waals surface area contributed by atoms with E-state index in [9.17, 15) is 19.2 Å². The predicted octanol–water partition coefficient (Wildman–Crippen LogP) is 5.02. The molecule has 0 radical (unpaired) electrons. The van der Waals surface area contributed by atoms with Crippen molar-refractivity contribution in [1.82, 2.24) is 5.32 Å². The third-order valence-electron chi connectivity index (χ3n) is 4.50. The molecular formula is C28H37N3O8. The second-order valence-electron chi connectivity index (χ2n) is 10.4. The van der Waals surface area contributed by atoms with Crippen LogP contribution in [0, 0.1) is 0 Å². The van der Waals surface area contributed by atoms with Crippen LogP contribution in [0.2, 0.25) is 0 Å². The summed E-state index contributed by atoms with van der Waals surface area (Å²) in [5.74, 6) is -1.87. The quantitative estimate of drug-likeness (QED) is 0.288. The Bertz CT molecular complexity index is 1190. The van der Waals surface area contributed by atoms with Crippen molar-refractivity contribution in [3.8, 4) is 0 Å². The molecule has 5 N–H and O–H groups in total. The molecule has 0 spiro atoms. The van der Waals surface area contributed by atoms with Crippen LogP contribution in [0.3, 0.4) is 0 Å². The Morgan fingerprint density at radius 2 is 1.31 bits per heavy atom. The van der Waals surface area contributed by atoms with Gasteiger partial charge in [-0.2, -0.15) is 4.99 Å². The molecule has 2 rings (SSSR count). The monoisotopic (exact) mass is 543 g/mol. The minimum atomic E-state index is -1.03. The van der Waals surface area contributed by atoms with Gasteiger partial charge in [0.25, 0.3) is 0 Å². The maximum atomic E-state index is 12.0. The Hall–Kier alpha value is -4.25. The number of benzene rings is 2. The van der Waals surface area contributed by atoms with Gasteiger partial charge in [0, 0.05) is 13.0 Å². The summed E-state index contributed by atoms with van der Waals surface area (Å²) in [6.07, 6.45) is -1.04. The molecule has 0 saturated carbocycles. The number of amides is 2. The molecule has 39 heavy (non-hydrogen) atoms. The summed E-state index contributed by atoms with van der Waals surface area (Å²) in [5.41, 5.74) is 5.89. The zero-order valence-electron chi connectivity index (χ0n) is 23.1. The van der Waals surface area contributed by atoms with Gasteiger partial charge in [-0.15, -0.1) is 0 Å². The summed E-state index contributed by atoms with van der Waals surface area (Å²) in [6, 6.07) is 13.0. The molecule has 0 aliphatic heterocycles. The van der Waals surface area contributed by atoms with Crippen molar-refractivity contribution in [1.29, 1.82) is 0 Å². The van der Waals surface area contributed by atoms with E-state index in [0.717, 1.165) is 11.1 Å². The van der Waals surface area contributed by atoms with Crippen molar-refractivity contribution in [2.45, 2.75) is 72.1 Å². The van der Waals surface area contributed by atoms with Gasteiger partial charge in [-0.05, 0) is 83.4 Å². The molecule has 0 saturated heterocycles. The van der Waals surface area contributed by atoms with E-state index in [1.54, 1.807) is 77.9 Å². The van der Waals surface area contributed by atoms with Crippen LogP contribution in [0.4, 0.5) is 9.59 Å². The van der Waals surface area contributed by atoms with Crippen molar-refractivity contribution in [3.05, 3.63) is 70.8 Å². The summed E-state index contributed by atoms with van der Waals surface area (Å²) < 4.78 is 10.3. The Balaban J connectivity index is 0.000000573. The number of hydrogen-bond acceptors (Lipinski definition) is 7. The molecule has 2 aromatic rings. The average Bonchev–Trinajstić information content (AvgIpc) is 2.80. The van der Waals surface area contributed by atoms with Crippen LogP contribution < -0.4 is 11.1 Å². The number of nitrogens with one attached hydrogen (secondary N) is 1. The summed E-state index contributed by atoms with van der Waals surface area (Å²) in [5, 5.41) is 20.1. The molecule has 0 atom stereocenters. The normalized spacial score (nSPS) is 11.5. The summed E-state index contributed by atoms with van der Waals surface area (Å²) in [7, 11) is 0. The maximum Gasteiger partial charge on any atom is 0.435 e. The van der Waals surface area contributed by atoms with Gasteiger partial charge in [0.2, 0.25) is 0 Å². The Morgan fingerprint density at radius 1 is 0.821 bits per heavy atom. The Labute approximate surface area is 228 Å². The lowest BCUT2D eigenvalue weighted by molar-refractivity contribution is 0.0559. The third kappa shape index (κ3) is 14.3. The molecule has 0 aliphatic carbocycles. The fourth-order valence-corrected chi connectivity index (χ4v) is 2.92. The van der Waals surface area contributed by atoms with Crippen molar-refractivity contribution in [2.75, 3.05) is 0 Å². The smallest absolute Gasteiger partial charge is 0.435 e. The van der Waals surface area contributed by atoms with E-state index >= 15 is 0 Å². The Morgan fingerprint density at radius 3 is 1.77 bits per heavy atom. The molecule has 0 aliphatic rings. The highest BCUT2D eigenvalue weighted by atomic mass is 16.6. The number of alkyl carbamates (subject to hydrolysis) is 1. The van der Waals surface area contributed by atoms with Crippen molar-refractivity contribution in [2.24, 2.45) is 10.7 Å². The van der Waals surface area contributed by atoms with Gasteiger partial charge in [0.15, 0.2) is 0 Å². The van der Waals surface area contributed by atoms with Gasteiger partial charge in [-0.3, -0.25) is 5.32 Å². The summed E-state index contributed by atoms with van der Waals surface area (Å²) in [6.45, 7) is 10.6. The van der Waals surface area contributed by atoms with E-state index in [4.69, 9.17) is 25.4 Å². The molecule has 0 fully saturated rings. The minimum absolute atomic E-state index is 0.0734. The van der Waals surface area contributed by atoms with Crippen LogP contribution >= 0.6 is 0 Å². The number of rotatable bonds is 6. The first-order chi connectivity index (χ1) is 18.0. The zero-order valence-corrected chi connectivity index (χ0v) is 23.1. The molecule has 0 heterocycles. The van der Waals surface area contributed by atoms with Crippen molar-refractivity contribution in [3.63, 3.8) is 0 Å². The fourth-order valence-electron chi connectivity index (χ4n) is 2.92. The lowest BCUT2D eigenvalue weighted by Crippen LogP contribution is -2.37. The van der Waals surface area contributed by atoms with Gasteiger partial charge >= 0.3 is 24.1 Å². The first-order valence-electron chi connectivity index (χ1n) is 12.1. The molecule has 11 heteroatoms. The fraction of sp³-hybridized carbons (Fsp3) is 0.393. The van der Waals surface area contributed by atoms with Gasteiger partial charge in [-0.25, -0.2) is 19.2 Å². The molecular weight excluding hydrogens is 506 g/mol. The highest BCUT2D eigenvalue weighted by molar-refractivity contribution is 6.00. The van der Waals surface area contributed by atoms with Crippen LogP contribution in [0.5, 0.6) is 0 Å². The number of carboxylic acids is 2. The molecule has 2 amide bonds. The SMILES string of the molecule is CC(C)(C)OC(=O)N=C(CCc1cccc(C(=O)O)c1)NC(=O)OC(C)(C)C.NCc1cccc(C(=O)O)c1. The van der Waals surface area contributed by atoms with Gasteiger partial charge in [0.05, 0.1) is 11.1 Å².